The summed E-state index contributed by atoms with van der Waals surface area (Å²) in [6, 6.07) is 12.6. The SMILES string of the molecule is COc1ccc(C(=O)NCc2ccccc2CN2CCCC(C)C2)cc1S(=O)(=O)NC(C)(C)C. The molecule has 0 spiro atoms. The summed E-state index contributed by atoms with van der Waals surface area (Å²) in [7, 11) is -2.46. The molecular formula is C26H37N3O4S. The van der Waals surface area contributed by atoms with Crippen LogP contribution in [-0.4, -0.2) is 45.0 Å². The molecule has 0 aliphatic carbocycles. The van der Waals surface area contributed by atoms with Gasteiger partial charge in [-0.25, -0.2) is 13.1 Å². The van der Waals surface area contributed by atoms with Gasteiger partial charge in [0.05, 0.1) is 7.11 Å². The number of nitrogens with one attached hydrogen (secondary N) is 2. The van der Waals surface area contributed by atoms with Gasteiger partial charge < -0.3 is 10.1 Å². The molecule has 1 atom stereocenters. The number of sulfonamides is 1. The first-order valence-corrected chi connectivity index (χ1v) is 13.3. The zero-order chi connectivity index (χ0) is 24.9. The lowest BCUT2D eigenvalue weighted by molar-refractivity contribution is 0.0950. The monoisotopic (exact) mass is 487 g/mol. The van der Waals surface area contributed by atoms with Gasteiger partial charge in [0.25, 0.3) is 5.91 Å². The van der Waals surface area contributed by atoms with Crippen LogP contribution in [0.4, 0.5) is 0 Å². The zero-order valence-electron chi connectivity index (χ0n) is 20.8. The molecule has 34 heavy (non-hydrogen) atoms. The summed E-state index contributed by atoms with van der Waals surface area (Å²) < 4.78 is 33.7. The van der Waals surface area contributed by atoms with E-state index in [0.29, 0.717) is 12.5 Å². The maximum atomic E-state index is 12.9. The molecule has 186 valence electrons. The molecule has 8 heteroatoms. The van der Waals surface area contributed by atoms with Crippen LogP contribution in [0.25, 0.3) is 0 Å². The number of carbonyl (C=O) groups excluding carboxylic acids is 1. The maximum Gasteiger partial charge on any atom is 0.251 e. The van der Waals surface area contributed by atoms with E-state index in [-0.39, 0.29) is 22.1 Å². The Balaban J connectivity index is 1.75. The molecule has 2 aromatic carbocycles. The van der Waals surface area contributed by atoms with E-state index in [9.17, 15) is 13.2 Å². The summed E-state index contributed by atoms with van der Waals surface area (Å²) in [6.07, 6.45) is 2.49. The average molecular weight is 488 g/mol. The third-order valence-corrected chi connectivity index (χ3v) is 7.63. The second kappa shape index (κ2) is 10.9. The lowest BCUT2D eigenvalue weighted by Gasteiger charge is -2.31. The smallest absolute Gasteiger partial charge is 0.251 e. The van der Waals surface area contributed by atoms with Crippen molar-refractivity contribution in [2.24, 2.45) is 5.92 Å². The second-order valence-electron chi connectivity index (χ2n) is 10.2. The standard InChI is InChI=1S/C26H37N3O4S/c1-19-9-8-14-29(17-19)18-22-11-7-6-10-21(22)16-27-25(30)20-12-13-23(33-5)24(15-20)34(31,32)28-26(2,3)4/h6-7,10-13,15,19,28H,8-9,14,16-18H2,1-5H3,(H,27,30). The highest BCUT2D eigenvalue weighted by Gasteiger charge is 2.26. The molecule has 0 radical (unpaired) electrons. The van der Waals surface area contributed by atoms with Gasteiger partial charge in [-0.2, -0.15) is 0 Å². The fourth-order valence-electron chi connectivity index (χ4n) is 4.32. The van der Waals surface area contributed by atoms with Crippen LogP contribution in [0.1, 0.15) is 62.0 Å². The minimum atomic E-state index is -3.87. The van der Waals surface area contributed by atoms with Gasteiger partial charge in [-0.1, -0.05) is 31.2 Å². The highest BCUT2D eigenvalue weighted by Crippen LogP contribution is 2.26. The number of nitrogens with zero attached hydrogens (tertiary/aromatic N) is 1. The van der Waals surface area contributed by atoms with Crippen LogP contribution in [0.5, 0.6) is 5.75 Å². The Labute approximate surface area is 203 Å². The number of hydrogen-bond donors (Lipinski definition) is 2. The predicted molar refractivity (Wildman–Crippen MR) is 134 cm³/mol. The van der Waals surface area contributed by atoms with Crippen LogP contribution in [0, 0.1) is 5.92 Å². The molecule has 1 unspecified atom stereocenters. The van der Waals surface area contributed by atoms with Crippen molar-refractivity contribution in [3.05, 3.63) is 59.2 Å². The number of carbonyl (C=O) groups is 1. The van der Waals surface area contributed by atoms with Gasteiger partial charge in [0.15, 0.2) is 0 Å². The van der Waals surface area contributed by atoms with Gasteiger partial charge in [-0.05, 0) is 75.4 Å². The molecule has 1 aliphatic heterocycles. The number of amides is 1. The molecule has 0 bridgehead atoms. The van der Waals surface area contributed by atoms with Gasteiger partial charge in [0.2, 0.25) is 10.0 Å². The Morgan fingerprint density at radius 1 is 1.15 bits per heavy atom. The molecule has 1 saturated heterocycles. The molecule has 0 saturated carbocycles. The number of ether oxygens (including phenoxy) is 1. The number of likely N-dealkylation sites (tertiary alicyclic amines) is 1. The third-order valence-electron chi connectivity index (χ3n) is 5.85. The summed E-state index contributed by atoms with van der Waals surface area (Å²) in [4.78, 5) is 15.4. The van der Waals surface area contributed by atoms with Crippen molar-refractivity contribution in [3.63, 3.8) is 0 Å². The van der Waals surface area contributed by atoms with Gasteiger partial charge in [-0.3, -0.25) is 9.69 Å². The van der Waals surface area contributed by atoms with Crippen molar-refractivity contribution in [2.75, 3.05) is 20.2 Å². The highest BCUT2D eigenvalue weighted by atomic mass is 32.2. The van der Waals surface area contributed by atoms with E-state index in [2.05, 4.69) is 27.9 Å². The Hall–Kier alpha value is -2.42. The van der Waals surface area contributed by atoms with Crippen LogP contribution in [-0.2, 0) is 23.1 Å². The van der Waals surface area contributed by atoms with E-state index in [0.717, 1.165) is 25.2 Å². The van der Waals surface area contributed by atoms with Crippen molar-refractivity contribution in [2.45, 2.75) is 64.1 Å². The Morgan fingerprint density at radius 3 is 2.50 bits per heavy atom. The molecule has 1 fully saturated rings. The van der Waals surface area contributed by atoms with Crippen molar-refractivity contribution in [1.29, 1.82) is 0 Å². The summed E-state index contributed by atoms with van der Waals surface area (Å²) in [5.41, 5.74) is 1.85. The molecule has 2 N–H and O–H groups in total. The van der Waals surface area contributed by atoms with Crippen molar-refractivity contribution in [1.82, 2.24) is 14.9 Å². The van der Waals surface area contributed by atoms with Crippen LogP contribution in [0.3, 0.4) is 0 Å². The molecule has 1 amide bonds. The molecular weight excluding hydrogens is 450 g/mol. The van der Waals surface area contributed by atoms with E-state index < -0.39 is 15.6 Å². The quantitative estimate of drug-likeness (QED) is 0.589. The molecule has 3 rings (SSSR count). The summed E-state index contributed by atoms with van der Waals surface area (Å²) in [5, 5.41) is 2.95. The summed E-state index contributed by atoms with van der Waals surface area (Å²) in [6.45, 7) is 11.0. The maximum absolute atomic E-state index is 12.9. The second-order valence-corrected chi connectivity index (χ2v) is 11.8. The lowest BCUT2D eigenvalue weighted by atomic mass is 9.99. The first-order chi connectivity index (χ1) is 16.0. The summed E-state index contributed by atoms with van der Waals surface area (Å²) >= 11 is 0. The van der Waals surface area contributed by atoms with Gasteiger partial charge in [0, 0.05) is 30.7 Å². The highest BCUT2D eigenvalue weighted by molar-refractivity contribution is 7.89. The van der Waals surface area contributed by atoms with Gasteiger partial charge in [-0.15, -0.1) is 0 Å². The average Bonchev–Trinajstić information content (AvgIpc) is 2.76. The largest absolute Gasteiger partial charge is 0.495 e. The molecule has 7 nitrogen and oxygen atoms in total. The Morgan fingerprint density at radius 2 is 1.85 bits per heavy atom. The Bertz CT molecular complexity index is 1110. The lowest BCUT2D eigenvalue weighted by Crippen LogP contribution is -2.40. The first kappa shape index (κ1) is 26.2. The fraction of sp³-hybridized carbons (Fsp3) is 0.500. The van der Waals surface area contributed by atoms with Crippen LogP contribution >= 0.6 is 0 Å². The predicted octanol–water partition coefficient (Wildman–Crippen LogP) is 3.93. The number of rotatable bonds is 8. The van der Waals surface area contributed by atoms with Crippen molar-refractivity contribution >= 4 is 15.9 Å². The van der Waals surface area contributed by atoms with Gasteiger partial charge in [0.1, 0.15) is 10.6 Å². The number of piperidine rings is 1. The van der Waals surface area contributed by atoms with E-state index in [1.165, 1.54) is 37.6 Å². The number of hydrogen-bond acceptors (Lipinski definition) is 5. The summed E-state index contributed by atoms with van der Waals surface area (Å²) in [5.74, 6) is 0.555. The molecule has 2 aromatic rings. The molecule has 1 heterocycles. The van der Waals surface area contributed by atoms with E-state index in [4.69, 9.17) is 4.74 Å². The molecule has 1 aliphatic rings. The van der Waals surface area contributed by atoms with Gasteiger partial charge >= 0.3 is 0 Å². The first-order valence-electron chi connectivity index (χ1n) is 11.8. The van der Waals surface area contributed by atoms with Crippen LogP contribution < -0.4 is 14.8 Å². The molecule has 0 aromatic heterocycles. The van der Waals surface area contributed by atoms with Crippen molar-refractivity contribution < 1.29 is 17.9 Å². The van der Waals surface area contributed by atoms with E-state index in [1.807, 2.05) is 18.2 Å². The Kier molecular flexibility index (Phi) is 8.38. The third kappa shape index (κ3) is 7.04. The number of benzene rings is 2. The fourth-order valence-corrected chi connectivity index (χ4v) is 5.93. The van der Waals surface area contributed by atoms with Crippen LogP contribution in [0.15, 0.2) is 47.4 Å². The number of methoxy groups -OCH3 is 1. The normalized spacial score (nSPS) is 17.4. The zero-order valence-corrected chi connectivity index (χ0v) is 21.7. The minimum Gasteiger partial charge on any atom is -0.495 e. The van der Waals surface area contributed by atoms with E-state index >= 15 is 0 Å². The van der Waals surface area contributed by atoms with E-state index in [1.54, 1.807) is 26.8 Å². The minimum absolute atomic E-state index is 0.0582. The van der Waals surface area contributed by atoms with Crippen molar-refractivity contribution in [3.8, 4) is 5.75 Å². The van der Waals surface area contributed by atoms with Crippen LogP contribution in [0.2, 0.25) is 0 Å². The topological polar surface area (TPSA) is 87.7 Å².